The van der Waals surface area contributed by atoms with E-state index in [1.54, 1.807) is 21.3 Å². The van der Waals surface area contributed by atoms with Crippen molar-refractivity contribution < 1.29 is 19.0 Å². The van der Waals surface area contributed by atoms with Crippen LogP contribution in [-0.4, -0.2) is 27.1 Å². The van der Waals surface area contributed by atoms with Crippen LogP contribution in [0.5, 0.6) is 17.2 Å². The van der Waals surface area contributed by atoms with Crippen LogP contribution in [-0.2, 0) is 11.2 Å². The maximum atomic E-state index is 12.8. The zero-order chi connectivity index (χ0) is 19.9. The Kier molecular flexibility index (Phi) is 5.11. The van der Waals surface area contributed by atoms with Gasteiger partial charge in [0.05, 0.1) is 21.3 Å². The van der Waals surface area contributed by atoms with E-state index in [9.17, 15) is 4.79 Å². The number of carbonyl (C=O) groups excluding carboxylic acids is 1. The van der Waals surface area contributed by atoms with Gasteiger partial charge in [-0.2, -0.15) is 0 Å². The van der Waals surface area contributed by atoms with Gasteiger partial charge in [-0.05, 0) is 23.3 Å². The van der Waals surface area contributed by atoms with Crippen LogP contribution in [0.15, 0.2) is 17.2 Å². The Balaban J connectivity index is 2.35. The summed E-state index contributed by atoms with van der Waals surface area (Å²) in [6, 6.07) is 0. The van der Waals surface area contributed by atoms with Crippen LogP contribution in [0, 0.1) is 5.41 Å². The smallest absolute Gasteiger partial charge is 0.168 e. The van der Waals surface area contributed by atoms with Crippen molar-refractivity contribution in [1.29, 1.82) is 0 Å². The van der Waals surface area contributed by atoms with E-state index in [1.165, 1.54) is 0 Å². The molecule has 0 fully saturated rings. The van der Waals surface area contributed by atoms with Crippen molar-refractivity contribution in [3.05, 3.63) is 33.9 Å². The van der Waals surface area contributed by atoms with Gasteiger partial charge in [0, 0.05) is 35.1 Å². The predicted molar refractivity (Wildman–Crippen MR) is 108 cm³/mol. The minimum Gasteiger partial charge on any atom is -0.496 e. The fourth-order valence-corrected chi connectivity index (χ4v) is 4.42. The van der Waals surface area contributed by atoms with Gasteiger partial charge >= 0.3 is 0 Å². The molecule has 0 amide bonds. The first-order valence-electron chi connectivity index (χ1n) is 9.56. The summed E-state index contributed by atoms with van der Waals surface area (Å²) in [4.78, 5) is 12.8. The maximum Gasteiger partial charge on any atom is 0.168 e. The molecular formula is C23H30O4. The number of benzene rings is 1. The predicted octanol–water partition coefficient (Wildman–Crippen LogP) is 5.09. The van der Waals surface area contributed by atoms with Crippen molar-refractivity contribution in [1.82, 2.24) is 0 Å². The molecule has 0 spiro atoms. The van der Waals surface area contributed by atoms with Crippen molar-refractivity contribution in [2.24, 2.45) is 5.41 Å². The maximum absolute atomic E-state index is 12.8. The van der Waals surface area contributed by atoms with Gasteiger partial charge < -0.3 is 14.2 Å². The number of hydrogen-bond donors (Lipinski definition) is 0. The Labute approximate surface area is 162 Å². The highest BCUT2D eigenvalue weighted by atomic mass is 16.5. The lowest BCUT2D eigenvalue weighted by molar-refractivity contribution is -0.116. The van der Waals surface area contributed by atoms with E-state index in [4.69, 9.17) is 14.2 Å². The van der Waals surface area contributed by atoms with E-state index >= 15 is 0 Å². The highest BCUT2D eigenvalue weighted by molar-refractivity contribution is 5.99. The molecule has 1 aromatic carbocycles. The minimum absolute atomic E-state index is 0.0206. The third kappa shape index (κ3) is 3.05. The summed E-state index contributed by atoms with van der Waals surface area (Å²) < 4.78 is 17.4. The molecule has 4 heteroatoms. The first kappa shape index (κ1) is 19.5. The number of hydrogen-bond acceptors (Lipinski definition) is 4. The Morgan fingerprint density at radius 2 is 1.59 bits per heavy atom. The van der Waals surface area contributed by atoms with Crippen LogP contribution in [0.1, 0.15) is 63.1 Å². The fourth-order valence-electron chi connectivity index (χ4n) is 4.42. The van der Waals surface area contributed by atoms with Crippen molar-refractivity contribution in [2.75, 3.05) is 21.3 Å². The lowest BCUT2D eigenvalue weighted by Crippen LogP contribution is -2.26. The third-order valence-corrected chi connectivity index (χ3v) is 5.87. The quantitative estimate of drug-likeness (QED) is 0.740. The minimum atomic E-state index is -0.0206. The lowest BCUT2D eigenvalue weighted by Gasteiger charge is -2.32. The van der Waals surface area contributed by atoms with E-state index in [-0.39, 0.29) is 17.1 Å². The Hall–Kier alpha value is -2.23. The van der Waals surface area contributed by atoms with Crippen LogP contribution in [0.25, 0.3) is 6.08 Å². The zero-order valence-corrected chi connectivity index (χ0v) is 17.5. The van der Waals surface area contributed by atoms with Crippen molar-refractivity contribution in [3.8, 4) is 17.2 Å². The van der Waals surface area contributed by atoms with E-state index < -0.39 is 0 Å². The van der Waals surface area contributed by atoms with Crippen LogP contribution in [0.3, 0.4) is 0 Å². The van der Waals surface area contributed by atoms with Gasteiger partial charge in [0.1, 0.15) is 5.75 Å². The molecule has 0 aromatic heterocycles. The molecule has 1 aromatic rings. The van der Waals surface area contributed by atoms with Gasteiger partial charge in [0.15, 0.2) is 17.3 Å². The summed E-state index contributed by atoms with van der Waals surface area (Å²) in [5, 5.41) is 0. The molecule has 0 unspecified atom stereocenters. The molecule has 0 bridgehead atoms. The number of Topliss-reactive ketones (excluding diaryl/α,β-unsaturated/α-hetero) is 1. The Bertz CT molecular complexity index is 841. The normalized spacial score (nSPS) is 18.1. The molecule has 0 N–H and O–H groups in total. The topological polar surface area (TPSA) is 44.8 Å². The third-order valence-electron chi connectivity index (χ3n) is 5.87. The van der Waals surface area contributed by atoms with E-state index in [0.29, 0.717) is 24.3 Å². The molecule has 27 heavy (non-hydrogen) atoms. The largest absolute Gasteiger partial charge is 0.496 e. The molecule has 0 heterocycles. The van der Waals surface area contributed by atoms with E-state index in [0.717, 1.165) is 40.0 Å². The Morgan fingerprint density at radius 1 is 0.963 bits per heavy atom. The monoisotopic (exact) mass is 370 g/mol. The SMILES string of the molecule is COc1c2c(c(OC)c(C(C)C)c1OC)C=CC1=C(C2)C(=O)CCC1(C)C. The molecule has 0 radical (unpaired) electrons. The summed E-state index contributed by atoms with van der Waals surface area (Å²) in [7, 11) is 5.00. The van der Waals surface area contributed by atoms with Crippen molar-refractivity contribution >= 4 is 11.9 Å². The molecule has 2 aliphatic carbocycles. The van der Waals surface area contributed by atoms with Gasteiger partial charge in [-0.25, -0.2) is 0 Å². The molecule has 0 atom stereocenters. The van der Waals surface area contributed by atoms with Gasteiger partial charge in [-0.15, -0.1) is 0 Å². The number of rotatable bonds is 4. The molecule has 0 saturated carbocycles. The second-order valence-corrected chi connectivity index (χ2v) is 8.27. The van der Waals surface area contributed by atoms with Crippen molar-refractivity contribution in [3.63, 3.8) is 0 Å². The van der Waals surface area contributed by atoms with Crippen LogP contribution >= 0.6 is 0 Å². The summed E-state index contributed by atoms with van der Waals surface area (Å²) in [6.45, 7) is 8.65. The fraction of sp³-hybridized carbons (Fsp3) is 0.522. The molecule has 3 rings (SSSR count). The van der Waals surface area contributed by atoms with Gasteiger partial charge in [0.2, 0.25) is 0 Å². The standard InChI is InChI=1S/C23H30O4/c1-13(2)19-20(25-5)14-8-9-17-16(18(24)10-11-23(17,3)4)12-15(14)21(26-6)22(19)27-7/h8-9,13H,10-12H2,1-7H3. The molecule has 146 valence electrons. The molecular weight excluding hydrogens is 340 g/mol. The van der Waals surface area contributed by atoms with Gasteiger partial charge in [-0.3, -0.25) is 4.79 Å². The number of allylic oxidation sites excluding steroid dienone is 3. The zero-order valence-electron chi connectivity index (χ0n) is 17.5. The lowest BCUT2D eigenvalue weighted by atomic mass is 9.71. The second kappa shape index (κ2) is 7.06. The number of fused-ring (bicyclic) bond motifs is 1. The molecule has 2 aliphatic rings. The van der Waals surface area contributed by atoms with E-state index in [1.807, 2.05) is 0 Å². The molecule has 0 saturated heterocycles. The molecule has 4 nitrogen and oxygen atoms in total. The Morgan fingerprint density at radius 3 is 2.15 bits per heavy atom. The number of carbonyl (C=O) groups is 1. The van der Waals surface area contributed by atoms with Crippen molar-refractivity contribution in [2.45, 2.75) is 52.9 Å². The summed E-state index contributed by atoms with van der Waals surface area (Å²) in [6.07, 6.45) is 6.20. The average molecular weight is 370 g/mol. The summed E-state index contributed by atoms with van der Waals surface area (Å²) in [5.41, 5.74) is 4.93. The van der Waals surface area contributed by atoms with Gasteiger partial charge in [-0.1, -0.05) is 39.8 Å². The van der Waals surface area contributed by atoms with Gasteiger partial charge in [0.25, 0.3) is 0 Å². The first-order valence-corrected chi connectivity index (χ1v) is 9.56. The highest BCUT2D eigenvalue weighted by Gasteiger charge is 2.36. The highest BCUT2D eigenvalue weighted by Crippen LogP contribution is 2.51. The van der Waals surface area contributed by atoms with Crippen LogP contribution < -0.4 is 14.2 Å². The number of ether oxygens (including phenoxy) is 3. The molecule has 0 aliphatic heterocycles. The average Bonchev–Trinajstić information content (AvgIpc) is 2.83. The van der Waals surface area contributed by atoms with Crippen LogP contribution in [0.4, 0.5) is 0 Å². The van der Waals surface area contributed by atoms with Crippen LogP contribution in [0.2, 0.25) is 0 Å². The second-order valence-electron chi connectivity index (χ2n) is 8.27. The summed E-state index contributed by atoms with van der Waals surface area (Å²) >= 11 is 0. The summed E-state index contributed by atoms with van der Waals surface area (Å²) in [5.74, 6) is 2.63. The number of ketones is 1. The number of methoxy groups -OCH3 is 3. The van der Waals surface area contributed by atoms with E-state index in [2.05, 4.69) is 39.8 Å². The first-order chi connectivity index (χ1) is 12.8.